The predicted molar refractivity (Wildman–Crippen MR) is 79.7 cm³/mol. The molecule has 2 aromatic carbocycles. The molecule has 0 saturated carbocycles. The van der Waals surface area contributed by atoms with Gasteiger partial charge in [-0.3, -0.25) is 0 Å². The van der Waals surface area contributed by atoms with Crippen molar-refractivity contribution in [3.63, 3.8) is 0 Å². The second-order valence-corrected chi connectivity index (χ2v) is 4.50. The maximum Gasteiger partial charge on any atom is 0.338 e. The lowest BCUT2D eigenvalue weighted by Gasteiger charge is -2.12. The third-order valence-corrected chi connectivity index (χ3v) is 2.96. The molecular formula is C17H17FO4. The quantitative estimate of drug-likeness (QED) is 0.765. The van der Waals surface area contributed by atoms with E-state index in [4.69, 9.17) is 14.2 Å². The lowest BCUT2D eigenvalue weighted by molar-refractivity contribution is 0.0525. The molecular weight excluding hydrogens is 287 g/mol. The van der Waals surface area contributed by atoms with Gasteiger partial charge in [-0.15, -0.1) is 0 Å². The topological polar surface area (TPSA) is 44.8 Å². The molecule has 22 heavy (non-hydrogen) atoms. The maximum atomic E-state index is 13.2. The second-order valence-electron chi connectivity index (χ2n) is 4.50. The molecule has 0 spiro atoms. The molecule has 0 aromatic heterocycles. The minimum atomic E-state index is -0.430. The lowest BCUT2D eigenvalue weighted by Crippen LogP contribution is -2.06. The number of carbonyl (C=O) groups excluding carboxylic acids is 1. The van der Waals surface area contributed by atoms with Crippen molar-refractivity contribution in [3.05, 3.63) is 59.4 Å². The number of esters is 1. The highest BCUT2D eigenvalue weighted by molar-refractivity contribution is 5.90. The number of ether oxygens (including phenoxy) is 3. The molecule has 0 atom stereocenters. The van der Waals surface area contributed by atoms with Crippen LogP contribution in [0.15, 0.2) is 42.5 Å². The Bertz CT molecular complexity index is 655. The summed E-state index contributed by atoms with van der Waals surface area (Å²) in [6.45, 7) is 2.20. The van der Waals surface area contributed by atoms with Gasteiger partial charge in [0.25, 0.3) is 0 Å². The zero-order valence-electron chi connectivity index (χ0n) is 12.5. The first kappa shape index (κ1) is 15.8. The summed E-state index contributed by atoms with van der Waals surface area (Å²) in [5, 5.41) is 0. The molecule has 0 heterocycles. The van der Waals surface area contributed by atoms with Gasteiger partial charge >= 0.3 is 5.97 Å². The minimum Gasteiger partial charge on any atom is -0.493 e. The summed E-state index contributed by atoms with van der Waals surface area (Å²) in [4.78, 5) is 11.7. The number of rotatable bonds is 6. The molecule has 0 bridgehead atoms. The van der Waals surface area contributed by atoms with Crippen LogP contribution in [0.3, 0.4) is 0 Å². The van der Waals surface area contributed by atoms with E-state index < -0.39 is 5.97 Å². The number of hydrogen-bond acceptors (Lipinski definition) is 4. The Morgan fingerprint density at radius 2 is 1.95 bits per heavy atom. The summed E-state index contributed by atoms with van der Waals surface area (Å²) in [5.41, 5.74) is 1.06. The van der Waals surface area contributed by atoms with E-state index in [1.54, 1.807) is 37.3 Å². The van der Waals surface area contributed by atoms with Gasteiger partial charge in [0.1, 0.15) is 12.4 Å². The molecule has 0 saturated heterocycles. The maximum absolute atomic E-state index is 13.2. The molecule has 116 valence electrons. The number of benzene rings is 2. The fourth-order valence-corrected chi connectivity index (χ4v) is 1.92. The molecule has 2 aromatic rings. The highest BCUT2D eigenvalue weighted by atomic mass is 19.1. The van der Waals surface area contributed by atoms with Crippen LogP contribution < -0.4 is 9.47 Å². The van der Waals surface area contributed by atoms with Crippen molar-refractivity contribution in [2.45, 2.75) is 13.5 Å². The van der Waals surface area contributed by atoms with Crippen molar-refractivity contribution in [1.29, 1.82) is 0 Å². The van der Waals surface area contributed by atoms with Crippen molar-refractivity contribution in [1.82, 2.24) is 0 Å². The van der Waals surface area contributed by atoms with Crippen LogP contribution in [0.25, 0.3) is 0 Å². The molecule has 5 heteroatoms. The molecule has 2 rings (SSSR count). The molecule has 0 N–H and O–H groups in total. The monoisotopic (exact) mass is 304 g/mol. The Hall–Kier alpha value is -2.56. The van der Waals surface area contributed by atoms with Crippen molar-refractivity contribution in [3.8, 4) is 11.5 Å². The van der Waals surface area contributed by atoms with Crippen molar-refractivity contribution in [2.75, 3.05) is 13.7 Å². The summed E-state index contributed by atoms with van der Waals surface area (Å²) < 4.78 is 28.9. The van der Waals surface area contributed by atoms with E-state index in [-0.39, 0.29) is 12.4 Å². The molecule has 0 unspecified atom stereocenters. The average molecular weight is 304 g/mol. The third-order valence-electron chi connectivity index (χ3n) is 2.96. The lowest BCUT2D eigenvalue weighted by atomic mass is 10.2. The number of carbonyl (C=O) groups is 1. The summed E-state index contributed by atoms with van der Waals surface area (Å²) in [5.74, 6) is 0.135. The summed E-state index contributed by atoms with van der Waals surface area (Å²) in [6.07, 6.45) is 0. The Labute approximate surface area is 128 Å². The van der Waals surface area contributed by atoms with Crippen molar-refractivity contribution < 1.29 is 23.4 Å². The van der Waals surface area contributed by atoms with Gasteiger partial charge < -0.3 is 14.2 Å². The van der Waals surface area contributed by atoms with Gasteiger partial charge in [-0.2, -0.15) is 0 Å². The van der Waals surface area contributed by atoms with E-state index in [0.717, 1.165) is 0 Å². The van der Waals surface area contributed by atoms with Gasteiger partial charge in [-0.25, -0.2) is 9.18 Å². The summed E-state index contributed by atoms with van der Waals surface area (Å²) in [7, 11) is 1.51. The molecule has 0 radical (unpaired) electrons. The average Bonchev–Trinajstić information content (AvgIpc) is 2.53. The minimum absolute atomic E-state index is 0.167. The Morgan fingerprint density at radius 3 is 2.64 bits per heavy atom. The molecule has 4 nitrogen and oxygen atoms in total. The van der Waals surface area contributed by atoms with Gasteiger partial charge in [0, 0.05) is 0 Å². The molecule has 0 amide bonds. The van der Waals surface area contributed by atoms with E-state index in [0.29, 0.717) is 29.2 Å². The fourth-order valence-electron chi connectivity index (χ4n) is 1.92. The van der Waals surface area contributed by atoms with Crippen molar-refractivity contribution in [2.24, 2.45) is 0 Å². The fraction of sp³-hybridized carbons (Fsp3) is 0.235. The summed E-state index contributed by atoms with van der Waals surface area (Å²) in [6, 6.07) is 10.9. The molecule has 0 aliphatic heterocycles. The van der Waals surface area contributed by atoms with Gasteiger partial charge in [0.15, 0.2) is 11.5 Å². The van der Waals surface area contributed by atoms with Crippen molar-refractivity contribution >= 4 is 5.97 Å². The van der Waals surface area contributed by atoms with Crippen LogP contribution >= 0.6 is 0 Å². The third kappa shape index (κ3) is 3.97. The van der Waals surface area contributed by atoms with Crippen LogP contribution in [-0.2, 0) is 11.3 Å². The smallest absolute Gasteiger partial charge is 0.338 e. The van der Waals surface area contributed by atoms with Gasteiger partial charge in [0.05, 0.1) is 19.3 Å². The summed E-state index contributed by atoms with van der Waals surface area (Å²) >= 11 is 0. The van der Waals surface area contributed by atoms with Crippen LogP contribution in [0.1, 0.15) is 22.8 Å². The van der Waals surface area contributed by atoms with E-state index >= 15 is 0 Å². The SMILES string of the molecule is CCOC(=O)c1ccc(OC)c(OCc2cccc(F)c2)c1. The van der Waals surface area contributed by atoms with Crippen LogP contribution in [0.2, 0.25) is 0 Å². The Kier molecular flexibility index (Phi) is 5.36. The Morgan fingerprint density at radius 1 is 1.14 bits per heavy atom. The largest absolute Gasteiger partial charge is 0.493 e. The Balaban J connectivity index is 2.17. The zero-order valence-corrected chi connectivity index (χ0v) is 12.5. The molecule has 0 aliphatic rings. The highest BCUT2D eigenvalue weighted by Crippen LogP contribution is 2.29. The van der Waals surface area contributed by atoms with Gasteiger partial charge in [-0.05, 0) is 42.8 Å². The molecule has 0 aliphatic carbocycles. The van der Waals surface area contributed by atoms with Gasteiger partial charge in [-0.1, -0.05) is 12.1 Å². The molecule has 0 fully saturated rings. The van der Waals surface area contributed by atoms with Crippen LogP contribution in [-0.4, -0.2) is 19.7 Å². The normalized spacial score (nSPS) is 10.1. The second kappa shape index (κ2) is 7.45. The number of hydrogen-bond donors (Lipinski definition) is 0. The first-order chi connectivity index (χ1) is 10.6. The van der Waals surface area contributed by atoms with E-state index in [1.165, 1.54) is 19.2 Å². The zero-order chi connectivity index (χ0) is 15.9. The number of halogens is 1. The van der Waals surface area contributed by atoms with Crippen LogP contribution in [0, 0.1) is 5.82 Å². The first-order valence-corrected chi connectivity index (χ1v) is 6.86. The predicted octanol–water partition coefficient (Wildman–Crippen LogP) is 3.59. The van der Waals surface area contributed by atoms with Crippen LogP contribution in [0.4, 0.5) is 4.39 Å². The van der Waals surface area contributed by atoms with E-state index in [9.17, 15) is 9.18 Å². The number of methoxy groups -OCH3 is 1. The van der Waals surface area contributed by atoms with E-state index in [1.807, 2.05) is 0 Å². The van der Waals surface area contributed by atoms with E-state index in [2.05, 4.69) is 0 Å². The van der Waals surface area contributed by atoms with Gasteiger partial charge in [0.2, 0.25) is 0 Å². The highest BCUT2D eigenvalue weighted by Gasteiger charge is 2.12. The first-order valence-electron chi connectivity index (χ1n) is 6.86. The standard InChI is InChI=1S/C17H17FO4/c1-3-21-17(19)13-7-8-15(20-2)16(10-13)22-11-12-5-4-6-14(18)9-12/h4-10H,3,11H2,1-2H3. The van der Waals surface area contributed by atoms with Crippen LogP contribution in [0.5, 0.6) is 11.5 Å².